The molecule has 1 unspecified atom stereocenters. The van der Waals surface area contributed by atoms with Crippen molar-refractivity contribution in [2.45, 2.75) is 13.8 Å². The highest BCUT2D eigenvalue weighted by Gasteiger charge is 2.25. The highest BCUT2D eigenvalue weighted by Crippen LogP contribution is 2.25. The molecular weight excluding hydrogens is 273 g/mol. The summed E-state index contributed by atoms with van der Waals surface area (Å²) in [4.78, 5) is 12.0. The van der Waals surface area contributed by atoms with Crippen LogP contribution in [0, 0.1) is 29.0 Å². The Kier molecular flexibility index (Phi) is 4.19. The number of nitrogens with zero attached hydrogens (tertiary/aromatic N) is 1. The largest absolute Gasteiger partial charge is 0.293 e. The van der Waals surface area contributed by atoms with Crippen molar-refractivity contribution < 1.29 is 9.18 Å². The predicted molar refractivity (Wildman–Crippen MR) is 62.4 cm³/mol. The van der Waals surface area contributed by atoms with Crippen LogP contribution in [-0.4, -0.2) is 5.78 Å². The van der Waals surface area contributed by atoms with Gasteiger partial charge in [0.05, 0.1) is 10.5 Å². The van der Waals surface area contributed by atoms with Gasteiger partial charge in [0.2, 0.25) is 0 Å². The first-order chi connectivity index (χ1) is 7.49. The Morgan fingerprint density at radius 2 is 2.12 bits per heavy atom. The molecule has 0 heterocycles. The van der Waals surface area contributed by atoms with E-state index in [1.54, 1.807) is 13.8 Å². The van der Waals surface area contributed by atoms with E-state index in [0.29, 0.717) is 0 Å². The Hall–Kier alpha value is -1.21. The minimum absolute atomic E-state index is 0.0901. The standard InChI is InChI=1S/C12H11BrFNO/c1-7(2)9(6-15)12(16)8-4-3-5-10(14)11(8)13/h3-5,7,9H,1-2H3. The van der Waals surface area contributed by atoms with Gasteiger partial charge in [0.25, 0.3) is 0 Å². The number of nitriles is 1. The number of ketones is 1. The monoisotopic (exact) mass is 283 g/mol. The fraction of sp³-hybridized carbons (Fsp3) is 0.333. The average Bonchev–Trinajstić information content (AvgIpc) is 2.22. The van der Waals surface area contributed by atoms with Gasteiger partial charge in [-0.15, -0.1) is 0 Å². The van der Waals surface area contributed by atoms with Crippen molar-refractivity contribution in [2.24, 2.45) is 11.8 Å². The highest BCUT2D eigenvalue weighted by atomic mass is 79.9. The summed E-state index contributed by atoms with van der Waals surface area (Å²) in [6.07, 6.45) is 0. The van der Waals surface area contributed by atoms with E-state index >= 15 is 0 Å². The van der Waals surface area contributed by atoms with E-state index < -0.39 is 11.7 Å². The molecule has 4 heteroatoms. The Morgan fingerprint density at radius 3 is 2.62 bits per heavy atom. The number of benzene rings is 1. The van der Waals surface area contributed by atoms with E-state index in [2.05, 4.69) is 15.9 Å². The number of rotatable bonds is 3. The number of Topliss-reactive ketones (excluding diaryl/α,β-unsaturated/α-hetero) is 1. The molecule has 0 amide bonds. The summed E-state index contributed by atoms with van der Waals surface area (Å²) in [6, 6.07) is 6.19. The van der Waals surface area contributed by atoms with Crippen molar-refractivity contribution in [2.75, 3.05) is 0 Å². The molecule has 84 valence electrons. The Balaban J connectivity index is 3.15. The number of carbonyl (C=O) groups is 1. The maximum absolute atomic E-state index is 13.2. The third-order valence-corrected chi connectivity index (χ3v) is 3.11. The first-order valence-corrected chi connectivity index (χ1v) is 5.66. The van der Waals surface area contributed by atoms with E-state index in [4.69, 9.17) is 5.26 Å². The van der Waals surface area contributed by atoms with Crippen molar-refractivity contribution in [1.29, 1.82) is 5.26 Å². The number of carbonyl (C=O) groups excluding carboxylic acids is 1. The quantitative estimate of drug-likeness (QED) is 0.796. The maximum Gasteiger partial charge on any atom is 0.181 e. The first-order valence-electron chi connectivity index (χ1n) is 4.87. The van der Waals surface area contributed by atoms with Crippen LogP contribution >= 0.6 is 15.9 Å². The van der Waals surface area contributed by atoms with Crippen LogP contribution in [0.4, 0.5) is 4.39 Å². The fourth-order valence-corrected chi connectivity index (χ4v) is 1.83. The third kappa shape index (κ3) is 2.48. The van der Waals surface area contributed by atoms with Gasteiger partial charge in [-0.3, -0.25) is 4.79 Å². The summed E-state index contributed by atoms with van der Waals surface area (Å²) in [7, 11) is 0. The minimum Gasteiger partial charge on any atom is -0.293 e. The third-order valence-electron chi connectivity index (χ3n) is 2.31. The smallest absolute Gasteiger partial charge is 0.181 e. The van der Waals surface area contributed by atoms with Crippen LogP contribution in [0.15, 0.2) is 22.7 Å². The molecular formula is C12H11BrFNO. The summed E-state index contributed by atoms with van der Waals surface area (Å²) in [5, 5.41) is 8.91. The molecule has 0 bridgehead atoms. The van der Waals surface area contributed by atoms with Crippen molar-refractivity contribution in [3.63, 3.8) is 0 Å². The lowest BCUT2D eigenvalue weighted by Crippen LogP contribution is -2.19. The zero-order valence-corrected chi connectivity index (χ0v) is 10.6. The van der Waals surface area contributed by atoms with E-state index in [9.17, 15) is 9.18 Å². The van der Waals surface area contributed by atoms with Crippen LogP contribution in [0.3, 0.4) is 0 Å². The lowest BCUT2D eigenvalue weighted by Gasteiger charge is -2.12. The predicted octanol–water partition coefficient (Wildman–Crippen LogP) is 3.57. The van der Waals surface area contributed by atoms with Gasteiger partial charge >= 0.3 is 0 Å². The summed E-state index contributed by atoms with van der Waals surface area (Å²) in [5.74, 6) is -1.67. The summed E-state index contributed by atoms with van der Waals surface area (Å²) in [6.45, 7) is 3.58. The van der Waals surface area contributed by atoms with Gasteiger partial charge in [-0.1, -0.05) is 26.0 Å². The molecule has 1 atom stereocenters. The molecule has 16 heavy (non-hydrogen) atoms. The summed E-state index contributed by atoms with van der Waals surface area (Å²) in [5.41, 5.74) is 0.222. The summed E-state index contributed by atoms with van der Waals surface area (Å²) >= 11 is 3.02. The number of hydrogen-bond acceptors (Lipinski definition) is 2. The molecule has 1 aromatic carbocycles. The van der Waals surface area contributed by atoms with Gasteiger partial charge in [-0.05, 0) is 27.9 Å². The van der Waals surface area contributed by atoms with E-state index in [1.165, 1.54) is 18.2 Å². The SMILES string of the molecule is CC(C)C(C#N)C(=O)c1cccc(F)c1Br. The van der Waals surface area contributed by atoms with Gasteiger partial charge in [0, 0.05) is 5.56 Å². The van der Waals surface area contributed by atoms with Crippen LogP contribution in [0.2, 0.25) is 0 Å². The van der Waals surface area contributed by atoms with Crippen molar-refractivity contribution in [3.8, 4) is 6.07 Å². The van der Waals surface area contributed by atoms with Crippen molar-refractivity contribution in [3.05, 3.63) is 34.1 Å². The normalized spacial score (nSPS) is 12.2. The van der Waals surface area contributed by atoms with Gasteiger partial charge in [0.15, 0.2) is 5.78 Å². The van der Waals surface area contributed by atoms with Crippen LogP contribution in [0.5, 0.6) is 0 Å². The van der Waals surface area contributed by atoms with Gasteiger partial charge in [-0.2, -0.15) is 5.26 Å². The highest BCUT2D eigenvalue weighted by molar-refractivity contribution is 9.10. The molecule has 1 rings (SSSR count). The first kappa shape index (κ1) is 12.9. The molecule has 0 N–H and O–H groups in total. The Morgan fingerprint density at radius 1 is 1.50 bits per heavy atom. The molecule has 0 saturated heterocycles. The molecule has 0 radical (unpaired) electrons. The van der Waals surface area contributed by atoms with Gasteiger partial charge < -0.3 is 0 Å². The molecule has 0 aliphatic rings. The second-order valence-corrected chi connectivity index (χ2v) is 4.61. The topological polar surface area (TPSA) is 40.9 Å². The molecule has 2 nitrogen and oxygen atoms in total. The Labute approximate surface area is 102 Å². The van der Waals surface area contributed by atoms with Crippen LogP contribution in [0.1, 0.15) is 24.2 Å². The summed E-state index contributed by atoms with van der Waals surface area (Å²) < 4.78 is 13.4. The number of halogens is 2. The zero-order valence-electron chi connectivity index (χ0n) is 9.00. The van der Waals surface area contributed by atoms with Gasteiger partial charge in [0.1, 0.15) is 11.7 Å². The second-order valence-electron chi connectivity index (χ2n) is 3.82. The van der Waals surface area contributed by atoms with Crippen molar-refractivity contribution in [1.82, 2.24) is 0 Å². The Bertz CT molecular complexity index is 451. The fourth-order valence-electron chi connectivity index (χ4n) is 1.37. The molecule has 0 aliphatic heterocycles. The molecule has 0 spiro atoms. The van der Waals surface area contributed by atoms with Crippen LogP contribution in [-0.2, 0) is 0 Å². The van der Waals surface area contributed by atoms with Crippen molar-refractivity contribution >= 4 is 21.7 Å². The average molecular weight is 284 g/mol. The van der Waals surface area contributed by atoms with E-state index in [-0.39, 0.29) is 21.7 Å². The molecule has 0 aromatic heterocycles. The van der Waals surface area contributed by atoms with E-state index in [0.717, 1.165) is 0 Å². The zero-order chi connectivity index (χ0) is 12.3. The molecule has 1 aromatic rings. The molecule has 0 aliphatic carbocycles. The lowest BCUT2D eigenvalue weighted by atomic mass is 9.89. The molecule has 0 saturated carbocycles. The second kappa shape index (κ2) is 5.22. The van der Waals surface area contributed by atoms with Crippen LogP contribution in [0.25, 0.3) is 0 Å². The lowest BCUT2D eigenvalue weighted by molar-refractivity contribution is 0.0923. The van der Waals surface area contributed by atoms with Crippen LogP contribution < -0.4 is 0 Å². The van der Waals surface area contributed by atoms with E-state index in [1.807, 2.05) is 6.07 Å². The minimum atomic E-state index is -0.738. The maximum atomic E-state index is 13.2. The molecule has 0 fully saturated rings. The van der Waals surface area contributed by atoms with Gasteiger partial charge in [-0.25, -0.2) is 4.39 Å². The number of hydrogen-bond donors (Lipinski definition) is 0.